The van der Waals surface area contributed by atoms with E-state index in [9.17, 15) is 4.79 Å². The molecule has 1 aliphatic rings. The van der Waals surface area contributed by atoms with Crippen molar-refractivity contribution in [2.24, 2.45) is 0 Å². The molecule has 6 nitrogen and oxygen atoms in total. The number of methoxy groups -OCH3 is 2. The molecule has 0 spiro atoms. The van der Waals surface area contributed by atoms with Crippen LogP contribution >= 0.6 is 0 Å². The van der Waals surface area contributed by atoms with E-state index in [1.54, 1.807) is 14.2 Å². The first-order valence-corrected chi connectivity index (χ1v) is 9.24. The second kappa shape index (κ2) is 9.28. The number of nitrogens with one attached hydrogen (secondary N) is 1. The summed E-state index contributed by atoms with van der Waals surface area (Å²) in [6, 6.07) is 15.5. The average Bonchev–Trinajstić information content (AvgIpc) is 2.73. The molecule has 6 heteroatoms. The van der Waals surface area contributed by atoms with Gasteiger partial charge in [-0.1, -0.05) is 30.3 Å². The molecule has 0 bridgehead atoms. The summed E-state index contributed by atoms with van der Waals surface area (Å²) in [4.78, 5) is 16.8. The van der Waals surface area contributed by atoms with Crippen LogP contribution in [0.1, 0.15) is 5.56 Å². The molecule has 0 saturated carbocycles. The third kappa shape index (κ3) is 4.92. The number of piperazine rings is 1. The van der Waals surface area contributed by atoms with E-state index in [0.29, 0.717) is 24.5 Å². The standard InChI is InChI=1S/C21H27N3O3/c1-26-19-9-5-3-7-17(19)11-12-23-13-15-24(16-14-23)21(25)22-18-8-4-6-10-20(18)27-2/h3-10H,11-16H2,1-2H3,(H,22,25). The van der Waals surface area contributed by atoms with E-state index in [2.05, 4.69) is 16.3 Å². The van der Waals surface area contributed by atoms with Gasteiger partial charge in [0.05, 0.1) is 19.9 Å². The number of urea groups is 1. The summed E-state index contributed by atoms with van der Waals surface area (Å²) >= 11 is 0. The number of benzene rings is 2. The normalized spacial score (nSPS) is 14.7. The highest BCUT2D eigenvalue weighted by atomic mass is 16.5. The molecule has 3 rings (SSSR count). The Balaban J connectivity index is 1.48. The zero-order chi connectivity index (χ0) is 19.1. The zero-order valence-electron chi connectivity index (χ0n) is 16.0. The van der Waals surface area contributed by atoms with Crippen molar-refractivity contribution in [3.63, 3.8) is 0 Å². The van der Waals surface area contributed by atoms with Crippen molar-refractivity contribution in [1.29, 1.82) is 0 Å². The first-order valence-electron chi connectivity index (χ1n) is 9.24. The lowest BCUT2D eigenvalue weighted by Crippen LogP contribution is -2.50. The molecule has 1 N–H and O–H groups in total. The Bertz CT molecular complexity index is 758. The highest BCUT2D eigenvalue weighted by Gasteiger charge is 2.21. The number of hydrogen-bond donors (Lipinski definition) is 1. The quantitative estimate of drug-likeness (QED) is 0.850. The molecular weight excluding hydrogens is 342 g/mol. The van der Waals surface area contributed by atoms with Gasteiger partial charge in [0.15, 0.2) is 0 Å². The van der Waals surface area contributed by atoms with E-state index < -0.39 is 0 Å². The van der Waals surface area contributed by atoms with Crippen LogP contribution in [0, 0.1) is 0 Å². The average molecular weight is 369 g/mol. The van der Waals surface area contributed by atoms with Gasteiger partial charge in [0.1, 0.15) is 11.5 Å². The molecule has 1 aliphatic heterocycles. The molecule has 0 radical (unpaired) electrons. The maximum absolute atomic E-state index is 12.5. The highest BCUT2D eigenvalue weighted by molar-refractivity contribution is 5.91. The third-order valence-corrected chi connectivity index (χ3v) is 4.90. The topological polar surface area (TPSA) is 54.0 Å². The number of rotatable bonds is 6. The van der Waals surface area contributed by atoms with Crippen LogP contribution in [-0.2, 0) is 6.42 Å². The molecule has 144 valence electrons. The third-order valence-electron chi connectivity index (χ3n) is 4.90. The lowest BCUT2D eigenvalue weighted by atomic mass is 10.1. The van der Waals surface area contributed by atoms with Gasteiger partial charge in [-0.25, -0.2) is 4.79 Å². The number of amides is 2. The summed E-state index contributed by atoms with van der Waals surface area (Å²) < 4.78 is 10.7. The Kier molecular flexibility index (Phi) is 6.54. The molecule has 2 aromatic rings. The molecule has 0 unspecified atom stereocenters. The summed E-state index contributed by atoms with van der Waals surface area (Å²) in [6.07, 6.45) is 0.942. The largest absolute Gasteiger partial charge is 0.496 e. The Morgan fingerprint density at radius 1 is 0.926 bits per heavy atom. The fraction of sp³-hybridized carbons (Fsp3) is 0.381. The van der Waals surface area contributed by atoms with Crippen molar-refractivity contribution in [2.75, 3.05) is 52.3 Å². The molecule has 27 heavy (non-hydrogen) atoms. The molecule has 1 fully saturated rings. The number of carbonyl (C=O) groups excluding carboxylic acids is 1. The van der Waals surface area contributed by atoms with Crippen molar-refractivity contribution in [3.05, 3.63) is 54.1 Å². The lowest BCUT2D eigenvalue weighted by molar-refractivity contribution is 0.148. The predicted molar refractivity (Wildman–Crippen MR) is 107 cm³/mol. The van der Waals surface area contributed by atoms with E-state index in [1.165, 1.54) is 5.56 Å². The Hall–Kier alpha value is -2.73. The molecule has 1 saturated heterocycles. The summed E-state index contributed by atoms with van der Waals surface area (Å²) in [5.41, 5.74) is 1.92. The summed E-state index contributed by atoms with van der Waals surface area (Å²) in [6.45, 7) is 4.13. The van der Waals surface area contributed by atoms with Crippen LogP contribution in [0.2, 0.25) is 0 Å². The lowest BCUT2D eigenvalue weighted by Gasteiger charge is -2.34. The molecule has 2 amide bonds. The Morgan fingerprint density at radius 3 is 2.26 bits per heavy atom. The Morgan fingerprint density at radius 2 is 1.56 bits per heavy atom. The van der Waals surface area contributed by atoms with Gasteiger partial charge in [-0.05, 0) is 30.2 Å². The van der Waals surface area contributed by atoms with Crippen LogP contribution in [0.4, 0.5) is 10.5 Å². The molecule has 2 aromatic carbocycles. The number of para-hydroxylation sites is 3. The smallest absolute Gasteiger partial charge is 0.322 e. The van der Waals surface area contributed by atoms with Gasteiger partial charge in [0, 0.05) is 32.7 Å². The van der Waals surface area contributed by atoms with Gasteiger partial charge >= 0.3 is 6.03 Å². The maximum Gasteiger partial charge on any atom is 0.322 e. The van der Waals surface area contributed by atoms with Crippen LogP contribution in [0.15, 0.2) is 48.5 Å². The number of anilines is 1. The zero-order valence-corrected chi connectivity index (χ0v) is 16.0. The highest BCUT2D eigenvalue weighted by Crippen LogP contribution is 2.23. The van der Waals surface area contributed by atoms with Gasteiger partial charge in [0.25, 0.3) is 0 Å². The van der Waals surface area contributed by atoms with E-state index in [-0.39, 0.29) is 6.03 Å². The van der Waals surface area contributed by atoms with Gasteiger partial charge in [-0.2, -0.15) is 0 Å². The van der Waals surface area contributed by atoms with E-state index in [1.807, 2.05) is 47.4 Å². The van der Waals surface area contributed by atoms with Crippen LogP contribution in [0.3, 0.4) is 0 Å². The van der Waals surface area contributed by atoms with Gasteiger partial charge in [-0.3, -0.25) is 4.90 Å². The van der Waals surface area contributed by atoms with E-state index in [4.69, 9.17) is 9.47 Å². The van der Waals surface area contributed by atoms with Crippen LogP contribution in [0.25, 0.3) is 0 Å². The van der Waals surface area contributed by atoms with Crippen LogP contribution in [-0.4, -0.2) is 62.8 Å². The van der Waals surface area contributed by atoms with Gasteiger partial charge < -0.3 is 19.7 Å². The van der Waals surface area contributed by atoms with Crippen molar-refractivity contribution in [3.8, 4) is 11.5 Å². The maximum atomic E-state index is 12.5. The monoisotopic (exact) mass is 369 g/mol. The minimum absolute atomic E-state index is 0.0797. The van der Waals surface area contributed by atoms with Crippen molar-refractivity contribution in [1.82, 2.24) is 9.80 Å². The van der Waals surface area contributed by atoms with Crippen molar-refractivity contribution in [2.45, 2.75) is 6.42 Å². The second-order valence-corrected chi connectivity index (χ2v) is 6.52. The fourth-order valence-electron chi connectivity index (χ4n) is 3.30. The van der Waals surface area contributed by atoms with Gasteiger partial charge in [-0.15, -0.1) is 0 Å². The SMILES string of the molecule is COc1ccccc1CCN1CCN(C(=O)Nc2ccccc2OC)CC1. The minimum atomic E-state index is -0.0797. The summed E-state index contributed by atoms with van der Waals surface area (Å²) in [5, 5.41) is 2.95. The number of carbonyl (C=O) groups is 1. The van der Waals surface area contributed by atoms with Gasteiger partial charge in [0.2, 0.25) is 0 Å². The molecule has 1 heterocycles. The number of ether oxygens (including phenoxy) is 2. The van der Waals surface area contributed by atoms with Crippen molar-refractivity contribution >= 4 is 11.7 Å². The van der Waals surface area contributed by atoms with Crippen LogP contribution < -0.4 is 14.8 Å². The minimum Gasteiger partial charge on any atom is -0.496 e. The van der Waals surface area contributed by atoms with Crippen LogP contribution in [0.5, 0.6) is 11.5 Å². The second-order valence-electron chi connectivity index (χ2n) is 6.52. The molecule has 0 aliphatic carbocycles. The van der Waals surface area contributed by atoms with Crippen molar-refractivity contribution < 1.29 is 14.3 Å². The molecular formula is C21H27N3O3. The Labute approximate surface area is 160 Å². The number of nitrogens with zero attached hydrogens (tertiary/aromatic N) is 2. The fourth-order valence-corrected chi connectivity index (χ4v) is 3.30. The van der Waals surface area contributed by atoms with E-state index >= 15 is 0 Å². The molecule has 0 aromatic heterocycles. The predicted octanol–water partition coefficient (Wildman–Crippen LogP) is 3.10. The molecule has 0 atom stereocenters. The summed E-state index contributed by atoms with van der Waals surface area (Å²) in [5.74, 6) is 1.61. The first-order chi connectivity index (χ1) is 13.2. The first kappa shape index (κ1) is 19.0. The number of hydrogen-bond acceptors (Lipinski definition) is 4. The van der Waals surface area contributed by atoms with E-state index in [0.717, 1.165) is 31.8 Å². The summed E-state index contributed by atoms with van der Waals surface area (Å²) in [7, 11) is 3.31.